The lowest BCUT2D eigenvalue weighted by Crippen LogP contribution is -2.07. The van der Waals surface area contributed by atoms with E-state index in [1.54, 1.807) is 0 Å². The number of methoxy groups -OCH3 is 2. The lowest BCUT2D eigenvalue weighted by atomic mass is 10.00. The minimum atomic E-state index is -3.22. The molecule has 1 aromatic carbocycles. The average molecular weight is 328 g/mol. The van der Waals surface area contributed by atoms with Gasteiger partial charge in [-0.2, -0.15) is 0 Å². The third-order valence-electron chi connectivity index (χ3n) is 3.07. The number of alkyl halides is 2. The second-order valence-corrected chi connectivity index (χ2v) is 4.46. The summed E-state index contributed by atoms with van der Waals surface area (Å²) < 4.78 is 71.9. The molecule has 0 radical (unpaired) electrons. The summed E-state index contributed by atoms with van der Waals surface area (Å²) in [5, 5.41) is 0. The van der Waals surface area contributed by atoms with E-state index in [1.807, 2.05) is 0 Å². The van der Waals surface area contributed by atoms with E-state index in [9.17, 15) is 18.0 Å². The largest absolute Gasteiger partial charge is 0.494 e. The van der Waals surface area contributed by atoms with Crippen molar-refractivity contribution in [3.63, 3.8) is 0 Å². The standard InChI is InChI=1S/C16H14F3NO3/c1-8-4-5-9(16(21)23-3)10(6-8)13-12(22-2)7-11(17)14(20-13)15(18)19/h4-7,15H,1-3H3/i1D3. The zero-order valence-corrected chi connectivity index (χ0v) is 12.2. The first-order valence-corrected chi connectivity index (χ1v) is 6.36. The van der Waals surface area contributed by atoms with Gasteiger partial charge in [0.1, 0.15) is 17.1 Å². The van der Waals surface area contributed by atoms with Gasteiger partial charge in [-0.1, -0.05) is 11.6 Å². The molecule has 0 bridgehead atoms. The lowest BCUT2D eigenvalue weighted by molar-refractivity contribution is 0.0601. The maximum absolute atomic E-state index is 13.8. The summed E-state index contributed by atoms with van der Waals surface area (Å²) >= 11 is 0. The Balaban J connectivity index is 2.84. The quantitative estimate of drug-likeness (QED) is 0.798. The first kappa shape index (κ1) is 12.9. The molecule has 7 heteroatoms. The molecule has 2 aromatic rings. The number of carbonyl (C=O) groups excluding carboxylic acids is 1. The van der Waals surface area contributed by atoms with Gasteiger partial charge in [-0.25, -0.2) is 22.9 Å². The predicted octanol–water partition coefficient (Wildman–Crippen LogP) is 3.93. The highest BCUT2D eigenvalue weighted by Gasteiger charge is 2.23. The van der Waals surface area contributed by atoms with Gasteiger partial charge >= 0.3 is 5.97 Å². The molecular formula is C16H14F3NO3. The summed E-state index contributed by atoms with van der Waals surface area (Å²) in [4.78, 5) is 15.6. The molecule has 0 aliphatic rings. The first-order valence-electron chi connectivity index (χ1n) is 7.86. The summed E-state index contributed by atoms with van der Waals surface area (Å²) in [5.41, 5.74) is -1.85. The van der Waals surface area contributed by atoms with Crippen LogP contribution in [0.5, 0.6) is 5.75 Å². The van der Waals surface area contributed by atoms with Gasteiger partial charge in [0.25, 0.3) is 6.43 Å². The molecule has 0 saturated carbocycles. The highest BCUT2D eigenvalue weighted by Crippen LogP contribution is 2.35. The number of aromatic nitrogens is 1. The molecule has 23 heavy (non-hydrogen) atoms. The van der Waals surface area contributed by atoms with Crippen LogP contribution in [0.4, 0.5) is 13.2 Å². The molecule has 0 amide bonds. The summed E-state index contributed by atoms with van der Waals surface area (Å²) in [7, 11) is 2.26. The van der Waals surface area contributed by atoms with E-state index < -0.39 is 30.8 Å². The highest BCUT2D eigenvalue weighted by molar-refractivity contribution is 5.97. The highest BCUT2D eigenvalue weighted by atomic mass is 19.3. The van der Waals surface area contributed by atoms with Crippen molar-refractivity contribution in [1.29, 1.82) is 0 Å². The van der Waals surface area contributed by atoms with Gasteiger partial charge in [0.2, 0.25) is 0 Å². The molecule has 4 nitrogen and oxygen atoms in total. The summed E-state index contributed by atoms with van der Waals surface area (Å²) in [6.45, 7) is -2.53. The molecule has 2 rings (SSSR count). The number of carbonyl (C=O) groups is 1. The van der Waals surface area contributed by atoms with Crippen LogP contribution in [0, 0.1) is 12.7 Å². The van der Waals surface area contributed by atoms with E-state index in [1.165, 1.54) is 12.1 Å². The van der Waals surface area contributed by atoms with Crippen molar-refractivity contribution < 1.29 is 31.6 Å². The zero-order valence-electron chi connectivity index (χ0n) is 15.2. The number of nitrogens with zero attached hydrogens (tertiary/aromatic N) is 1. The summed E-state index contributed by atoms with van der Waals surface area (Å²) in [6.07, 6.45) is -3.22. The second kappa shape index (κ2) is 6.68. The Hall–Kier alpha value is -2.57. The van der Waals surface area contributed by atoms with Gasteiger partial charge in [-0.05, 0) is 19.0 Å². The fraction of sp³-hybridized carbons (Fsp3) is 0.250. The van der Waals surface area contributed by atoms with Crippen LogP contribution in [-0.4, -0.2) is 25.2 Å². The van der Waals surface area contributed by atoms with Gasteiger partial charge in [0.05, 0.1) is 19.8 Å². The van der Waals surface area contributed by atoms with E-state index in [4.69, 9.17) is 8.85 Å². The van der Waals surface area contributed by atoms with Gasteiger partial charge in [0, 0.05) is 15.7 Å². The molecule has 0 atom stereocenters. The number of rotatable bonds is 4. The Kier molecular flexibility index (Phi) is 3.75. The minimum absolute atomic E-state index is 0.121. The number of benzene rings is 1. The van der Waals surface area contributed by atoms with Crippen LogP contribution in [0.1, 0.15) is 32.2 Å². The molecule has 122 valence electrons. The second-order valence-electron chi connectivity index (χ2n) is 4.46. The van der Waals surface area contributed by atoms with Crippen LogP contribution in [-0.2, 0) is 4.74 Å². The van der Waals surface area contributed by atoms with Crippen LogP contribution in [0.25, 0.3) is 11.3 Å². The molecule has 0 fully saturated rings. The molecule has 0 spiro atoms. The van der Waals surface area contributed by atoms with E-state index in [-0.39, 0.29) is 28.1 Å². The Bertz CT molecular complexity index is 841. The monoisotopic (exact) mass is 328 g/mol. The van der Waals surface area contributed by atoms with E-state index in [0.717, 1.165) is 20.3 Å². The Morgan fingerprint density at radius 2 is 2.04 bits per heavy atom. The zero-order chi connectivity index (χ0) is 19.6. The van der Waals surface area contributed by atoms with Crippen molar-refractivity contribution in [1.82, 2.24) is 4.98 Å². The van der Waals surface area contributed by atoms with Gasteiger partial charge in [-0.3, -0.25) is 0 Å². The number of hydrogen-bond donors (Lipinski definition) is 0. The fourth-order valence-corrected chi connectivity index (χ4v) is 2.02. The summed E-state index contributed by atoms with van der Waals surface area (Å²) in [5.74, 6) is -2.36. The summed E-state index contributed by atoms with van der Waals surface area (Å²) in [6, 6.07) is 4.16. The van der Waals surface area contributed by atoms with Crippen molar-refractivity contribution in [2.45, 2.75) is 13.3 Å². The molecule has 1 aromatic heterocycles. The molecule has 0 unspecified atom stereocenters. The average Bonchev–Trinajstić information content (AvgIpc) is 2.59. The smallest absolute Gasteiger partial charge is 0.338 e. The molecule has 0 N–H and O–H groups in total. The van der Waals surface area contributed by atoms with E-state index in [2.05, 4.69) is 9.72 Å². The normalized spacial score (nSPS) is 13.2. The van der Waals surface area contributed by atoms with E-state index in [0.29, 0.717) is 6.07 Å². The third-order valence-corrected chi connectivity index (χ3v) is 3.07. The van der Waals surface area contributed by atoms with Crippen LogP contribution in [0.15, 0.2) is 24.3 Å². The van der Waals surface area contributed by atoms with Crippen LogP contribution >= 0.6 is 0 Å². The maximum Gasteiger partial charge on any atom is 0.338 e. The topological polar surface area (TPSA) is 48.4 Å². The van der Waals surface area contributed by atoms with Crippen molar-refractivity contribution in [3.05, 3.63) is 46.9 Å². The number of halogens is 3. The van der Waals surface area contributed by atoms with Crippen molar-refractivity contribution in [2.24, 2.45) is 0 Å². The van der Waals surface area contributed by atoms with Crippen LogP contribution in [0.2, 0.25) is 0 Å². The van der Waals surface area contributed by atoms with Gasteiger partial charge in [-0.15, -0.1) is 0 Å². The Morgan fingerprint density at radius 1 is 1.30 bits per heavy atom. The van der Waals surface area contributed by atoms with Gasteiger partial charge in [0.15, 0.2) is 5.82 Å². The third kappa shape index (κ3) is 3.28. The van der Waals surface area contributed by atoms with Crippen LogP contribution in [0.3, 0.4) is 0 Å². The Morgan fingerprint density at radius 3 is 2.61 bits per heavy atom. The molecule has 0 aliphatic heterocycles. The van der Waals surface area contributed by atoms with Gasteiger partial charge < -0.3 is 9.47 Å². The molecular weight excluding hydrogens is 311 g/mol. The molecule has 1 heterocycles. The maximum atomic E-state index is 13.8. The number of pyridine rings is 1. The SMILES string of the molecule is [2H]C([2H])([2H])c1ccc(C(=O)OC)c(-c2nc(C(F)F)c(F)cc2OC)c1. The number of ether oxygens (including phenoxy) is 2. The van der Waals surface area contributed by atoms with Crippen molar-refractivity contribution >= 4 is 5.97 Å². The molecule has 0 saturated heterocycles. The first-order chi connectivity index (χ1) is 12.1. The lowest BCUT2D eigenvalue weighted by Gasteiger charge is -2.14. The fourth-order valence-electron chi connectivity index (χ4n) is 2.02. The van der Waals surface area contributed by atoms with E-state index >= 15 is 0 Å². The van der Waals surface area contributed by atoms with Crippen LogP contribution < -0.4 is 4.74 Å². The van der Waals surface area contributed by atoms with Crippen molar-refractivity contribution in [2.75, 3.05) is 14.2 Å². The number of aryl methyl sites for hydroxylation is 1. The predicted molar refractivity (Wildman–Crippen MR) is 77.2 cm³/mol. The number of esters is 1. The molecule has 0 aliphatic carbocycles. The number of hydrogen-bond acceptors (Lipinski definition) is 4. The van der Waals surface area contributed by atoms with Crippen molar-refractivity contribution in [3.8, 4) is 17.0 Å². The minimum Gasteiger partial charge on any atom is -0.494 e. The Labute approximate surface area is 135 Å².